The van der Waals surface area contributed by atoms with Crippen molar-refractivity contribution in [1.29, 1.82) is 0 Å². The molecule has 0 saturated heterocycles. The van der Waals surface area contributed by atoms with Gasteiger partial charge in [0.2, 0.25) is 5.91 Å². The second-order valence-corrected chi connectivity index (χ2v) is 10.0. The average Bonchev–Trinajstić information content (AvgIpc) is 3.16. The van der Waals surface area contributed by atoms with Crippen LogP contribution in [0.4, 0.5) is 0 Å². The molecule has 0 bridgehead atoms. The number of thioether (sulfide) groups is 1. The third-order valence-corrected chi connectivity index (χ3v) is 7.47. The number of thiazole rings is 1. The number of hydrogen-bond acceptors (Lipinski definition) is 7. The van der Waals surface area contributed by atoms with Gasteiger partial charge < -0.3 is 19.4 Å². The van der Waals surface area contributed by atoms with E-state index in [0.29, 0.717) is 36.7 Å². The molecule has 0 spiro atoms. The smallest absolute Gasteiger partial charge is 0.338 e. The van der Waals surface area contributed by atoms with Gasteiger partial charge in [0.15, 0.2) is 4.80 Å². The molecule has 0 aliphatic heterocycles. The summed E-state index contributed by atoms with van der Waals surface area (Å²) in [6.45, 7) is 5.62. The molecule has 1 aromatic heterocycles. The number of nitrogens with one attached hydrogen (secondary N) is 1. The lowest BCUT2D eigenvalue weighted by Crippen LogP contribution is -2.37. The van der Waals surface area contributed by atoms with Crippen molar-refractivity contribution in [1.82, 2.24) is 9.88 Å². The summed E-state index contributed by atoms with van der Waals surface area (Å²) in [6, 6.07) is 5.60. The highest BCUT2D eigenvalue weighted by atomic mass is 32.2. The second-order valence-electron chi connectivity index (χ2n) is 8.04. The molecule has 1 aliphatic carbocycles. The van der Waals surface area contributed by atoms with Crippen LogP contribution >= 0.6 is 23.1 Å². The summed E-state index contributed by atoms with van der Waals surface area (Å²) < 4.78 is 13.4. The Morgan fingerprint density at radius 2 is 1.94 bits per heavy atom. The van der Waals surface area contributed by atoms with Crippen molar-refractivity contribution >= 4 is 51.1 Å². The summed E-state index contributed by atoms with van der Waals surface area (Å²) in [5.41, 5.74) is 1.34. The number of esters is 1. The average molecular weight is 508 g/mol. The predicted molar refractivity (Wildman–Crippen MR) is 135 cm³/mol. The molecule has 34 heavy (non-hydrogen) atoms. The highest BCUT2D eigenvalue weighted by molar-refractivity contribution is 8.00. The van der Waals surface area contributed by atoms with Gasteiger partial charge in [-0.15, -0.1) is 11.8 Å². The first kappa shape index (κ1) is 26.4. The van der Waals surface area contributed by atoms with E-state index >= 15 is 0 Å². The van der Waals surface area contributed by atoms with Crippen LogP contribution in [-0.4, -0.2) is 59.7 Å². The predicted octanol–water partition coefficient (Wildman–Crippen LogP) is 3.53. The molecule has 1 aliphatic rings. The van der Waals surface area contributed by atoms with Crippen LogP contribution < -0.4 is 10.1 Å². The van der Waals surface area contributed by atoms with Crippen LogP contribution in [0.5, 0.6) is 0 Å². The van der Waals surface area contributed by atoms with Crippen LogP contribution in [0.25, 0.3) is 10.2 Å². The Bertz CT molecular complexity index is 1060. The lowest BCUT2D eigenvalue weighted by atomic mass is 9.95. The van der Waals surface area contributed by atoms with Crippen molar-refractivity contribution in [3.63, 3.8) is 0 Å². The first-order chi connectivity index (χ1) is 16.5. The fourth-order valence-corrected chi connectivity index (χ4v) is 5.63. The van der Waals surface area contributed by atoms with E-state index in [4.69, 9.17) is 9.47 Å². The zero-order valence-corrected chi connectivity index (χ0v) is 21.5. The number of carbonyl (C=O) groups excluding carboxylic acids is 3. The van der Waals surface area contributed by atoms with Crippen molar-refractivity contribution < 1.29 is 23.9 Å². The van der Waals surface area contributed by atoms with E-state index in [1.165, 1.54) is 29.5 Å². The normalized spacial score (nSPS) is 14.9. The van der Waals surface area contributed by atoms with E-state index in [0.717, 1.165) is 35.9 Å². The molecule has 1 N–H and O–H groups in total. The molecule has 10 heteroatoms. The first-order valence-corrected chi connectivity index (χ1v) is 13.8. The molecule has 3 rings (SSSR count). The van der Waals surface area contributed by atoms with E-state index in [2.05, 4.69) is 10.3 Å². The van der Waals surface area contributed by atoms with Gasteiger partial charge in [0.25, 0.3) is 5.91 Å². The van der Waals surface area contributed by atoms with E-state index < -0.39 is 0 Å². The maximum absolute atomic E-state index is 12.6. The standard InChI is InChI=1S/C24H33N3O5S2/c1-3-31-13-12-27-19-11-10-17(23(30)32-4-2)14-20(19)34-24(27)26-22(29)16-33-15-21(28)25-18-8-6-5-7-9-18/h10-11,14,18H,3-9,12-13,15-16H2,1-2H3,(H,25,28). The summed E-state index contributed by atoms with van der Waals surface area (Å²) in [4.78, 5) is 41.7. The van der Waals surface area contributed by atoms with Gasteiger partial charge in [-0.05, 0) is 44.9 Å². The third kappa shape index (κ3) is 7.68. The van der Waals surface area contributed by atoms with Crippen LogP contribution in [0.3, 0.4) is 0 Å². The molecule has 1 fully saturated rings. The molecule has 1 heterocycles. The van der Waals surface area contributed by atoms with Crippen molar-refractivity contribution in [3.05, 3.63) is 28.6 Å². The van der Waals surface area contributed by atoms with Gasteiger partial charge in [0.1, 0.15) is 0 Å². The monoisotopic (exact) mass is 507 g/mol. The van der Waals surface area contributed by atoms with E-state index in [1.807, 2.05) is 17.6 Å². The molecule has 0 radical (unpaired) electrons. The number of amides is 2. The van der Waals surface area contributed by atoms with Gasteiger partial charge in [0.05, 0.1) is 40.5 Å². The number of fused-ring (bicyclic) bond motifs is 1. The minimum atomic E-state index is -0.379. The summed E-state index contributed by atoms with van der Waals surface area (Å²) >= 11 is 2.62. The van der Waals surface area contributed by atoms with Crippen molar-refractivity contribution in [3.8, 4) is 0 Å². The highest BCUT2D eigenvalue weighted by Crippen LogP contribution is 2.20. The number of aromatic nitrogens is 1. The molecule has 0 atom stereocenters. The minimum Gasteiger partial charge on any atom is -0.462 e. The van der Waals surface area contributed by atoms with Gasteiger partial charge in [-0.1, -0.05) is 30.6 Å². The molecular formula is C24H33N3O5S2. The Labute approximate surface area is 208 Å². The maximum atomic E-state index is 12.6. The molecule has 8 nitrogen and oxygen atoms in total. The molecular weight excluding hydrogens is 474 g/mol. The van der Waals surface area contributed by atoms with Gasteiger partial charge in [-0.25, -0.2) is 4.79 Å². The SMILES string of the molecule is CCOCCn1c(=NC(=O)CSCC(=O)NC2CCCCC2)sc2cc(C(=O)OCC)ccc21. The van der Waals surface area contributed by atoms with Crippen LogP contribution in [0.2, 0.25) is 0 Å². The summed E-state index contributed by atoms with van der Waals surface area (Å²) in [5, 5.41) is 3.07. The zero-order valence-electron chi connectivity index (χ0n) is 19.8. The van der Waals surface area contributed by atoms with Crippen LogP contribution in [0.15, 0.2) is 23.2 Å². The van der Waals surface area contributed by atoms with E-state index in [1.54, 1.807) is 19.1 Å². The summed E-state index contributed by atoms with van der Waals surface area (Å²) in [7, 11) is 0. The quantitative estimate of drug-likeness (QED) is 0.369. The number of carbonyl (C=O) groups is 3. The molecule has 186 valence electrons. The largest absolute Gasteiger partial charge is 0.462 e. The van der Waals surface area contributed by atoms with Crippen LogP contribution in [0, 0.1) is 0 Å². The second kappa shape index (κ2) is 13.7. The van der Waals surface area contributed by atoms with E-state index in [9.17, 15) is 14.4 Å². The topological polar surface area (TPSA) is 99.0 Å². The van der Waals surface area contributed by atoms with Crippen molar-refractivity contribution in [2.45, 2.75) is 58.5 Å². The fraction of sp³-hybridized carbons (Fsp3) is 0.583. The minimum absolute atomic E-state index is 0.0233. The van der Waals surface area contributed by atoms with E-state index in [-0.39, 0.29) is 35.3 Å². The Morgan fingerprint density at radius 1 is 1.15 bits per heavy atom. The number of benzene rings is 1. The van der Waals surface area contributed by atoms with Crippen LogP contribution in [-0.2, 0) is 25.6 Å². The lowest BCUT2D eigenvalue weighted by molar-refractivity contribution is -0.119. The summed E-state index contributed by atoms with van der Waals surface area (Å²) in [5.74, 6) is -0.317. The maximum Gasteiger partial charge on any atom is 0.338 e. The Hall–Kier alpha value is -2.17. The molecule has 2 aromatic rings. The number of rotatable bonds is 11. The van der Waals surface area contributed by atoms with Gasteiger partial charge in [-0.2, -0.15) is 4.99 Å². The van der Waals surface area contributed by atoms with Crippen LogP contribution in [0.1, 0.15) is 56.3 Å². The Balaban J connectivity index is 1.68. The third-order valence-electron chi connectivity index (χ3n) is 5.51. The fourth-order valence-electron chi connectivity index (χ4n) is 3.90. The zero-order chi connectivity index (χ0) is 24.3. The number of hydrogen-bond donors (Lipinski definition) is 1. The first-order valence-electron chi connectivity index (χ1n) is 11.8. The summed E-state index contributed by atoms with van der Waals surface area (Å²) in [6.07, 6.45) is 5.64. The van der Waals surface area contributed by atoms with Crippen molar-refractivity contribution in [2.24, 2.45) is 4.99 Å². The molecule has 1 saturated carbocycles. The number of nitrogens with zero attached hydrogens (tertiary/aromatic N) is 2. The van der Waals surface area contributed by atoms with Gasteiger partial charge >= 0.3 is 5.97 Å². The Morgan fingerprint density at radius 3 is 2.68 bits per heavy atom. The van der Waals surface area contributed by atoms with Gasteiger partial charge in [0, 0.05) is 19.2 Å². The Kier molecular flexibility index (Phi) is 10.6. The van der Waals surface area contributed by atoms with Gasteiger partial charge in [-0.3, -0.25) is 9.59 Å². The molecule has 0 unspecified atom stereocenters. The molecule has 1 aromatic carbocycles. The molecule has 2 amide bonds. The highest BCUT2D eigenvalue weighted by Gasteiger charge is 2.16. The lowest BCUT2D eigenvalue weighted by Gasteiger charge is -2.22. The van der Waals surface area contributed by atoms with Crippen molar-refractivity contribution in [2.75, 3.05) is 31.3 Å². The number of ether oxygens (including phenoxy) is 2.